The number of piperazine rings is 1. The Morgan fingerprint density at radius 1 is 1.19 bits per heavy atom. The van der Waals surface area contributed by atoms with Crippen molar-refractivity contribution in [3.8, 4) is 0 Å². The number of carboxylic acids is 1. The van der Waals surface area contributed by atoms with Gasteiger partial charge >= 0.3 is 5.97 Å². The van der Waals surface area contributed by atoms with Crippen molar-refractivity contribution in [2.24, 2.45) is 0 Å². The van der Waals surface area contributed by atoms with Crippen molar-refractivity contribution in [2.75, 3.05) is 62.6 Å². The number of sulfonamides is 1. The zero-order valence-corrected chi connectivity index (χ0v) is 19.2. The first-order chi connectivity index (χ1) is 15.3. The van der Waals surface area contributed by atoms with Crippen LogP contribution in [-0.4, -0.2) is 83.3 Å². The number of benzene rings is 1. The van der Waals surface area contributed by atoms with E-state index in [1.165, 1.54) is 12.1 Å². The number of nitrogens with zero attached hydrogens (tertiary/aromatic N) is 2. The van der Waals surface area contributed by atoms with Gasteiger partial charge in [-0.05, 0) is 29.6 Å². The standard InChI is InChI=1S/C20H26N4O6S2/c1-30-11-6-21-18(25)14-23-7-9-24(10-8-23)17-5-4-15(13-16(17)20(26)27)22-32(28,29)19-3-2-12-31-19/h2-5,12-13,22H,6-11,14H2,1H3,(H,21,25)(H,26,27). The molecule has 32 heavy (non-hydrogen) atoms. The molecule has 3 N–H and O–H groups in total. The average Bonchev–Trinajstić information content (AvgIpc) is 3.30. The number of hydrogen-bond acceptors (Lipinski definition) is 8. The van der Waals surface area contributed by atoms with Crippen molar-refractivity contribution in [3.63, 3.8) is 0 Å². The number of ether oxygens (including phenoxy) is 1. The summed E-state index contributed by atoms with van der Waals surface area (Å²) in [7, 11) is -2.20. The smallest absolute Gasteiger partial charge is 0.337 e. The molecule has 2 aromatic rings. The Hall–Kier alpha value is -2.67. The number of carbonyl (C=O) groups is 2. The van der Waals surface area contributed by atoms with E-state index in [1.807, 2.05) is 9.80 Å². The molecule has 0 spiro atoms. The van der Waals surface area contributed by atoms with Crippen LogP contribution < -0.4 is 14.9 Å². The molecule has 0 radical (unpaired) electrons. The number of anilines is 2. The van der Waals surface area contributed by atoms with Crippen molar-refractivity contribution in [3.05, 3.63) is 41.3 Å². The van der Waals surface area contributed by atoms with Gasteiger partial charge in [-0.25, -0.2) is 13.2 Å². The minimum Gasteiger partial charge on any atom is -0.478 e. The van der Waals surface area contributed by atoms with Crippen LogP contribution in [0, 0.1) is 0 Å². The van der Waals surface area contributed by atoms with Crippen LogP contribution in [0.3, 0.4) is 0 Å². The van der Waals surface area contributed by atoms with E-state index in [1.54, 1.807) is 30.7 Å². The van der Waals surface area contributed by atoms with Crippen molar-refractivity contribution in [2.45, 2.75) is 4.21 Å². The molecule has 10 nitrogen and oxygen atoms in total. The predicted molar refractivity (Wildman–Crippen MR) is 122 cm³/mol. The van der Waals surface area contributed by atoms with Crippen LogP contribution >= 0.6 is 11.3 Å². The van der Waals surface area contributed by atoms with Crippen molar-refractivity contribution >= 4 is 44.6 Å². The molecule has 1 amide bonds. The molecule has 0 unspecified atom stereocenters. The fourth-order valence-electron chi connectivity index (χ4n) is 3.37. The Balaban J connectivity index is 1.64. The van der Waals surface area contributed by atoms with Gasteiger partial charge in [0.25, 0.3) is 10.0 Å². The number of carbonyl (C=O) groups excluding carboxylic acids is 1. The highest BCUT2D eigenvalue weighted by Crippen LogP contribution is 2.27. The highest BCUT2D eigenvalue weighted by molar-refractivity contribution is 7.94. The van der Waals surface area contributed by atoms with Crippen molar-refractivity contribution in [1.29, 1.82) is 0 Å². The van der Waals surface area contributed by atoms with Crippen LogP contribution in [0.4, 0.5) is 11.4 Å². The summed E-state index contributed by atoms with van der Waals surface area (Å²) < 4.78 is 32.4. The van der Waals surface area contributed by atoms with E-state index in [0.717, 1.165) is 11.3 Å². The van der Waals surface area contributed by atoms with Crippen LogP contribution in [0.2, 0.25) is 0 Å². The topological polar surface area (TPSA) is 128 Å². The van der Waals surface area contributed by atoms with Gasteiger partial charge < -0.3 is 20.1 Å². The maximum absolute atomic E-state index is 12.4. The summed E-state index contributed by atoms with van der Waals surface area (Å²) in [4.78, 5) is 27.8. The van der Waals surface area contributed by atoms with E-state index >= 15 is 0 Å². The lowest BCUT2D eigenvalue weighted by atomic mass is 10.1. The zero-order valence-electron chi connectivity index (χ0n) is 17.6. The largest absolute Gasteiger partial charge is 0.478 e. The third-order valence-electron chi connectivity index (χ3n) is 4.95. The third-order valence-corrected chi connectivity index (χ3v) is 7.73. The molecular formula is C20H26N4O6S2. The summed E-state index contributed by atoms with van der Waals surface area (Å²) in [6, 6.07) is 7.62. The average molecular weight is 483 g/mol. The number of hydrogen-bond donors (Lipinski definition) is 3. The van der Waals surface area contributed by atoms with Crippen LogP contribution in [0.15, 0.2) is 39.9 Å². The number of aromatic carboxylic acids is 1. The molecule has 1 aliphatic rings. The summed E-state index contributed by atoms with van der Waals surface area (Å²) in [5.74, 6) is -1.22. The van der Waals surface area contributed by atoms with Crippen LogP contribution in [0.5, 0.6) is 0 Å². The highest BCUT2D eigenvalue weighted by Gasteiger charge is 2.24. The molecule has 0 saturated carbocycles. The molecule has 1 fully saturated rings. The predicted octanol–water partition coefficient (Wildman–Crippen LogP) is 1.13. The number of thiophene rings is 1. The van der Waals surface area contributed by atoms with Gasteiger partial charge in [0.1, 0.15) is 4.21 Å². The lowest BCUT2D eigenvalue weighted by Crippen LogP contribution is -2.50. The Bertz CT molecular complexity index is 1030. The number of nitrogens with one attached hydrogen (secondary N) is 2. The molecule has 3 rings (SSSR count). The van der Waals surface area contributed by atoms with Crippen molar-refractivity contribution in [1.82, 2.24) is 10.2 Å². The van der Waals surface area contributed by atoms with Crippen molar-refractivity contribution < 1.29 is 27.9 Å². The summed E-state index contributed by atoms with van der Waals surface area (Å²) >= 11 is 1.08. The van der Waals surface area contributed by atoms with Gasteiger partial charge in [-0.1, -0.05) is 6.07 Å². The molecule has 174 valence electrons. The van der Waals surface area contributed by atoms with E-state index in [-0.39, 0.29) is 27.9 Å². The second-order valence-electron chi connectivity index (χ2n) is 7.18. The normalized spacial score (nSPS) is 14.8. The number of methoxy groups -OCH3 is 1. The fraction of sp³-hybridized carbons (Fsp3) is 0.400. The Morgan fingerprint density at radius 3 is 2.56 bits per heavy atom. The van der Waals surface area contributed by atoms with Gasteiger partial charge in [-0.2, -0.15) is 0 Å². The SMILES string of the molecule is COCCNC(=O)CN1CCN(c2ccc(NS(=O)(=O)c3cccs3)cc2C(=O)O)CC1. The number of carboxylic acid groups (broad SMARTS) is 1. The summed E-state index contributed by atoms with van der Waals surface area (Å²) in [6.07, 6.45) is 0. The van der Waals surface area contributed by atoms with Gasteiger partial charge in [0.05, 0.1) is 24.4 Å². The maximum Gasteiger partial charge on any atom is 0.337 e. The lowest BCUT2D eigenvalue weighted by Gasteiger charge is -2.36. The second-order valence-corrected chi connectivity index (χ2v) is 10.0. The van der Waals surface area contributed by atoms with Crippen LogP contribution in [0.25, 0.3) is 0 Å². The minimum absolute atomic E-state index is 0.0159. The Kier molecular flexibility index (Phi) is 8.07. The molecular weight excluding hydrogens is 456 g/mol. The molecule has 0 bridgehead atoms. The molecule has 0 aliphatic carbocycles. The second kappa shape index (κ2) is 10.8. The Labute approximate surface area is 190 Å². The first-order valence-corrected chi connectivity index (χ1v) is 12.3. The van der Waals surface area contributed by atoms with Gasteiger partial charge in [-0.3, -0.25) is 14.4 Å². The van der Waals surface area contributed by atoms with E-state index in [0.29, 0.717) is 45.0 Å². The molecule has 2 heterocycles. The number of rotatable bonds is 10. The summed E-state index contributed by atoms with van der Waals surface area (Å²) in [5.41, 5.74) is 0.717. The van der Waals surface area contributed by atoms with Crippen LogP contribution in [-0.2, 0) is 19.6 Å². The lowest BCUT2D eigenvalue weighted by molar-refractivity contribution is -0.122. The molecule has 1 aliphatic heterocycles. The fourth-order valence-corrected chi connectivity index (χ4v) is 5.41. The first kappa shape index (κ1) is 24.0. The molecule has 1 aromatic carbocycles. The summed E-state index contributed by atoms with van der Waals surface area (Å²) in [5, 5.41) is 14.1. The monoisotopic (exact) mass is 482 g/mol. The highest BCUT2D eigenvalue weighted by atomic mass is 32.2. The molecule has 12 heteroatoms. The molecule has 1 aromatic heterocycles. The molecule has 0 atom stereocenters. The quantitative estimate of drug-likeness (QED) is 0.430. The van der Waals surface area contributed by atoms with Gasteiger partial charge in [-0.15, -0.1) is 11.3 Å². The maximum atomic E-state index is 12.4. The zero-order chi connectivity index (χ0) is 23.1. The van der Waals surface area contributed by atoms with Crippen LogP contribution in [0.1, 0.15) is 10.4 Å². The van der Waals surface area contributed by atoms with E-state index in [9.17, 15) is 23.1 Å². The van der Waals surface area contributed by atoms with Gasteiger partial charge in [0, 0.05) is 45.5 Å². The molecule has 1 saturated heterocycles. The van der Waals surface area contributed by atoms with E-state index < -0.39 is 16.0 Å². The number of amides is 1. The first-order valence-electron chi connectivity index (χ1n) is 9.97. The van der Waals surface area contributed by atoms with E-state index in [4.69, 9.17) is 4.74 Å². The van der Waals surface area contributed by atoms with E-state index in [2.05, 4.69) is 10.0 Å². The summed E-state index contributed by atoms with van der Waals surface area (Å²) in [6.45, 7) is 3.48. The third kappa shape index (κ3) is 6.19. The minimum atomic E-state index is -3.77. The van der Waals surface area contributed by atoms with Gasteiger partial charge in [0.2, 0.25) is 5.91 Å². The Morgan fingerprint density at radius 2 is 1.94 bits per heavy atom. The van der Waals surface area contributed by atoms with Gasteiger partial charge in [0.15, 0.2) is 0 Å².